The molecule has 0 radical (unpaired) electrons. The molecule has 28 heavy (non-hydrogen) atoms. The highest BCUT2D eigenvalue weighted by atomic mass is 35.5. The molecule has 9 heteroatoms. The van der Waals surface area contributed by atoms with E-state index in [0.717, 1.165) is 22.7 Å². The second-order valence-electron chi connectivity index (χ2n) is 6.45. The van der Waals surface area contributed by atoms with E-state index in [4.69, 9.17) is 11.6 Å². The van der Waals surface area contributed by atoms with Gasteiger partial charge < -0.3 is 10.2 Å². The van der Waals surface area contributed by atoms with Crippen LogP contribution in [0.1, 0.15) is 22.5 Å². The SMILES string of the molecule is O=C(Nc1ccc(Cl)cn1)C1CCCN(C(=O)c2cnc(-c3cccs3)s2)C1. The smallest absolute Gasteiger partial charge is 0.265 e. The number of halogens is 1. The summed E-state index contributed by atoms with van der Waals surface area (Å²) in [7, 11) is 0. The first-order chi connectivity index (χ1) is 13.6. The number of piperidine rings is 1. The second kappa shape index (κ2) is 8.38. The Morgan fingerprint density at radius 1 is 1.21 bits per heavy atom. The summed E-state index contributed by atoms with van der Waals surface area (Å²) in [5, 5.41) is 6.15. The van der Waals surface area contributed by atoms with Gasteiger partial charge in [-0.05, 0) is 36.4 Å². The van der Waals surface area contributed by atoms with Gasteiger partial charge in [0, 0.05) is 19.3 Å². The van der Waals surface area contributed by atoms with Crippen molar-refractivity contribution in [1.82, 2.24) is 14.9 Å². The molecule has 1 aliphatic heterocycles. The van der Waals surface area contributed by atoms with Gasteiger partial charge >= 0.3 is 0 Å². The van der Waals surface area contributed by atoms with Gasteiger partial charge in [-0.25, -0.2) is 9.97 Å². The van der Waals surface area contributed by atoms with Gasteiger partial charge in [-0.2, -0.15) is 0 Å². The van der Waals surface area contributed by atoms with Crippen LogP contribution < -0.4 is 5.32 Å². The molecule has 1 unspecified atom stereocenters. The molecule has 2 amide bonds. The van der Waals surface area contributed by atoms with Crippen LogP contribution in [0.5, 0.6) is 0 Å². The summed E-state index contributed by atoms with van der Waals surface area (Å²) in [6.45, 7) is 1.04. The third kappa shape index (κ3) is 4.24. The highest BCUT2D eigenvalue weighted by molar-refractivity contribution is 7.21. The molecule has 3 aromatic rings. The van der Waals surface area contributed by atoms with E-state index in [1.54, 1.807) is 34.6 Å². The number of thiazole rings is 1. The maximum Gasteiger partial charge on any atom is 0.265 e. The number of aromatic nitrogens is 2. The maximum atomic E-state index is 12.9. The van der Waals surface area contributed by atoms with E-state index in [-0.39, 0.29) is 17.7 Å². The number of likely N-dealkylation sites (tertiary alicyclic amines) is 1. The summed E-state index contributed by atoms with van der Waals surface area (Å²) in [6, 6.07) is 7.29. The molecule has 1 aliphatic rings. The van der Waals surface area contributed by atoms with Gasteiger partial charge in [-0.1, -0.05) is 17.7 Å². The van der Waals surface area contributed by atoms with Crippen molar-refractivity contribution in [1.29, 1.82) is 0 Å². The Balaban J connectivity index is 1.41. The fraction of sp³-hybridized carbons (Fsp3) is 0.263. The highest BCUT2D eigenvalue weighted by Crippen LogP contribution is 2.30. The zero-order valence-electron chi connectivity index (χ0n) is 14.8. The maximum absolute atomic E-state index is 12.9. The number of rotatable bonds is 4. The van der Waals surface area contributed by atoms with Crippen molar-refractivity contribution in [3.63, 3.8) is 0 Å². The normalized spacial score (nSPS) is 16.8. The number of carbonyl (C=O) groups is 2. The van der Waals surface area contributed by atoms with E-state index in [9.17, 15) is 9.59 Å². The van der Waals surface area contributed by atoms with Crippen LogP contribution in [-0.4, -0.2) is 39.8 Å². The zero-order valence-corrected chi connectivity index (χ0v) is 17.2. The van der Waals surface area contributed by atoms with Crippen LogP contribution in [0.15, 0.2) is 42.0 Å². The number of carbonyl (C=O) groups excluding carboxylic acids is 2. The van der Waals surface area contributed by atoms with Gasteiger partial charge in [0.25, 0.3) is 5.91 Å². The number of hydrogen-bond acceptors (Lipinski definition) is 6. The summed E-state index contributed by atoms with van der Waals surface area (Å²) in [5.74, 6) is -0.000844. The standard InChI is InChI=1S/C19H17ClN4O2S2/c20-13-5-6-16(21-9-13)23-17(25)12-3-1-7-24(11-12)19(26)15-10-22-18(28-15)14-4-2-8-27-14/h2,4-6,8-10,12H,1,3,7,11H2,(H,21,23,25). The van der Waals surface area contributed by atoms with E-state index < -0.39 is 0 Å². The predicted octanol–water partition coefficient (Wildman–Crippen LogP) is 4.41. The van der Waals surface area contributed by atoms with Crippen LogP contribution in [0, 0.1) is 5.92 Å². The van der Waals surface area contributed by atoms with Crippen LogP contribution in [0.3, 0.4) is 0 Å². The number of thiophene rings is 1. The van der Waals surface area contributed by atoms with E-state index >= 15 is 0 Å². The van der Waals surface area contributed by atoms with Gasteiger partial charge in [0.1, 0.15) is 15.7 Å². The summed E-state index contributed by atoms with van der Waals surface area (Å²) < 4.78 is 0. The van der Waals surface area contributed by atoms with Crippen molar-refractivity contribution >= 4 is 51.9 Å². The van der Waals surface area contributed by atoms with Gasteiger partial charge in [0.15, 0.2) is 0 Å². The van der Waals surface area contributed by atoms with Crippen LogP contribution >= 0.6 is 34.3 Å². The van der Waals surface area contributed by atoms with Crippen LogP contribution in [0.2, 0.25) is 5.02 Å². The first kappa shape index (κ1) is 19.0. The Morgan fingerprint density at radius 2 is 2.11 bits per heavy atom. The van der Waals surface area contributed by atoms with Crippen molar-refractivity contribution in [2.24, 2.45) is 5.92 Å². The first-order valence-electron chi connectivity index (χ1n) is 8.81. The summed E-state index contributed by atoms with van der Waals surface area (Å²) >= 11 is 8.81. The van der Waals surface area contributed by atoms with Gasteiger partial charge in [0.05, 0.1) is 22.0 Å². The van der Waals surface area contributed by atoms with E-state index in [0.29, 0.717) is 28.8 Å². The molecular weight excluding hydrogens is 416 g/mol. The fourth-order valence-corrected chi connectivity index (χ4v) is 4.90. The molecule has 0 spiro atoms. The number of nitrogens with one attached hydrogen (secondary N) is 1. The molecule has 1 fully saturated rings. The number of hydrogen-bond donors (Lipinski definition) is 1. The predicted molar refractivity (Wildman–Crippen MR) is 112 cm³/mol. The Morgan fingerprint density at radius 3 is 2.86 bits per heavy atom. The number of anilines is 1. The molecule has 1 saturated heterocycles. The van der Waals surface area contributed by atoms with Gasteiger partial charge in [-0.3, -0.25) is 9.59 Å². The highest BCUT2D eigenvalue weighted by Gasteiger charge is 2.30. The van der Waals surface area contributed by atoms with Crippen molar-refractivity contribution < 1.29 is 9.59 Å². The molecule has 1 N–H and O–H groups in total. The third-order valence-corrected chi connectivity index (χ3v) is 6.75. The lowest BCUT2D eigenvalue weighted by atomic mass is 9.97. The minimum absolute atomic E-state index is 0.0672. The average molecular weight is 433 g/mol. The van der Waals surface area contributed by atoms with Crippen molar-refractivity contribution in [3.8, 4) is 9.88 Å². The number of nitrogens with zero attached hydrogens (tertiary/aromatic N) is 3. The molecule has 0 saturated carbocycles. The molecule has 0 bridgehead atoms. The molecule has 144 valence electrons. The van der Waals surface area contributed by atoms with E-state index in [2.05, 4.69) is 15.3 Å². The molecule has 0 aromatic carbocycles. The van der Waals surface area contributed by atoms with Crippen molar-refractivity contribution in [2.75, 3.05) is 18.4 Å². The average Bonchev–Trinajstić information content (AvgIpc) is 3.41. The molecule has 0 aliphatic carbocycles. The Labute approximate surface area is 175 Å². The van der Waals surface area contributed by atoms with Crippen molar-refractivity contribution in [2.45, 2.75) is 12.8 Å². The lowest BCUT2D eigenvalue weighted by Crippen LogP contribution is -2.43. The molecule has 1 atom stereocenters. The molecular formula is C19H17ClN4O2S2. The molecule has 4 heterocycles. The Kier molecular flexibility index (Phi) is 5.70. The van der Waals surface area contributed by atoms with Gasteiger partial charge in [0.2, 0.25) is 5.91 Å². The largest absolute Gasteiger partial charge is 0.337 e. The van der Waals surface area contributed by atoms with Crippen LogP contribution in [-0.2, 0) is 4.79 Å². The second-order valence-corrected chi connectivity index (χ2v) is 8.86. The van der Waals surface area contributed by atoms with Crippen LogP contribution in [0.25, 0.3) is 9.88 Å². The Bertz CT molecular complexity index is 972. The van der Waals surface area contributed by atoms with E-state index in [1.165, 1.54) is 17.5 Å². The lowest BCUT2D eigenvalue weighted by Gasteiger charge is -2.31. The zero-order chi connectivity index (χ0) is 19.5. The third-order valence-electron chi connectivity index (χ3n) is 4.51. The molecule has 3 aromatic heterocycles. The summed E-state index contributed by atoms with van der Waals surface area (Å²) in [4.78, 5) is 37.3. The van der Waals surface area contributed by atoms with Gasteiger partial charge in [-0.15, -0.1) is 22.7 Å². The number of pyridine rings is 1. The first-order valence-corrected chi connectivity index (χ1v) is 10.9. The van der Waals surface area contributed by atoms with Crippen molar-refractivity contribution in [3.05, 3.63) is 51.9 Å². The fourth-order valence-electron chi connectivity index (χ4n) is 3.10. The minimum Gasteiger partial charge on any atom is -0.337 e. The monoisotopic (exact) mass is 432 g/mol. The summed E-state index contributed by atoms with van der Waals surface area (Å²) in [5.41, 5.74) is 0. The van der Waals surface area contributed by atoms with E-state index in [1.807, 2.05) is 17.5 Å². The lowest BCUT2D eigenvalue weighted by molar-refractivity contribution is -0.121. The van der Waals surface area contributed by atoms with Crippen LogP contribution in [0.4, 0.5) is 5.82 Å². The quantitative estimate of drug-likeness (QED) is 0.662. The number of amides is 2. The molecule has 4 rings (SSSR count). The topological polar surface area (TPSA) is 75.2 Å². The summed E-state index contributed by atoms with van der Waals surface area (Å²) in [6.07, 6.45) is 4.65. The minimum atomic E-state index is -0.264. The Hall–Kier alpha value is -2.29. The molecule has 6 nitrogen and oxygen atoms in total.